The molecule has 1 saturated carbocycles. The summed E-state index contributed by atoms with van der Waals surface area (Å²) < 4.78 is 41.9. The van der Waals surface area contributed by atoms with Crippen LogP contribution in [0.15, 0.2) is 48.5 Å². The van der Waals surface area contributed by atoms with Crippen molar-refractivity contribution < 1.29 is 27.8 Å². The molecule has 0 radical (unpaired) electrons. The molecule has 0 aliphatic heterocycles. The van der Waals surface area contributed by atoms with E-state index in [1.807, 2.05) is 19.1 Å². The van der Waals surface area contributed by atoms with Crippen LogP contribution in [0.3, 0.4) is 0 Å². The fourth-order valence-corrected chi connectivity index (χ4v) is 3.30. The maximum absolute atomic E-state index is 12.6. The van der Waals surface area contributed by atoms with Crippen molar-refractivity contribution in [1.29, 1.82) is 0 Å². The smallest absolute Gasteiger partial charge is 0.422 e. The maximum Gasteiger partial charge on any atom is 0.422 e. The average Bonchev–Trinajstić information content (AvgIpc) is 3.40. The minimum Gasteiger partial charge on any atom is -0.484 e. The van der Waals surface area contributed by atoms with E-state index >= 15 is 0 Å². The number of aliphatic hydroxyl groups is 1. The van der Waals surface area contributed by atoms with Gasteiger partial charge in [0.25, 0.3) is 0 Å². The Labute approximate surface area is 167 Å². The Balaban J connectivity index is 1.66. The fraction of sp³-hybridized carbons (Fsp3) is 0.409. The van der Waals surface area contributed by atoms with Crippen LogP contribution in [0.25, 0.3) is 0 Å². The Morgan fingerprint density at radius 1 is 1.17 bits per heavy atom. The van der Waals surface area contributed by atoms with Gasteiger partial charge in [0.1, 0.15) is 5.75 Å². The summed E-state index contributed by atoms with van der Waals surface area (Å²) in [5.74, 6) is -0.221. The topological polar surface area (TPSA) is 58.6 Å². The van der Waals surface area contributed by atoms with Crippen molar-refractivity contribution in [3.05, 3.63) is 65.2 Å². The zero-order valence-electron chi connectivity index (χ0n) is 16.3. The lowest BCUT2D eigenvalue weighted by atomic mass is 9.91. The standard InChI is InChI=1S/C22H24F3NO3/c1-15-6-8-16(9-7-15)20(2,28)13-19(27)26-21(10-11-21)17-4-3-5-18(12-17)29-14-22(23,24)25/h3-9,12,28H,10-11,13-14H2,1-2H3,(H,26,27). The molecule has 2 N–H and O–H groups in total. The number of aryl methyl sites for hydroxylation is 1. The van der Waals surface area contributed by atoms with Gasteiger partial charge in [-0.2, -0.15) is 13.2 Å². The first-order chi connectivity index (χ1) is 13.5. The van der Waals surface area contributed by atoms with Crippen molar-refractivity contribution in [3.8, 4) is 5.75 Å². The van der Waals surface area contributed by atoms with Crippen LogP contribution in [0, 0.1) is 6.92 Å². The number of halogens is 3. The molecule has 3 rings (SSSR count). The zero-order valence-corrected chi connectivity index (χ0v) is 16.3. The number of hydrogen-bond acceptors (Lipinski definition) is 3. The van der Waals surface area contributed by atoms with Crippen LogP contribution >= 0.6 is 0 Å². The number of amides is 1. The highest BCUT2D eigenvalue weighted by atomic mass is 19.4. The van der Waals surface area contributed by atoms with Gasteiger partial charge < -0.3 is 15.2 Å². The van der Waals surface area contributed by atoms with E-state index in [0.29, 0.717) is 24.0 Å². The van der Waals surface area contributed by atoms with Gasteiger partial charge in [0.05, 0.1) is 17.6 Å². The molecule has 1 aliphatic carbocycles. The van der Waals surface area contributed by atoms with Crippen LogP contribution < -0.4 is 10.1 Å². The van der Waals surface area contributed by atoms with E-state index in [-0.39, 0.29) is 18.1 Å². The van der Waals surface area contributed by atoms with Gasteiger partial charge in [0, 0.05) is 0 Å². The molecule has 2 aromatic carbocycles. The first-order valence-electron chi connectivity index (χ1n) is 9.40. The zero-order chi connectivity index (χ0) is 21.3. The van der Waals surface area contributed by atoms with Crippen LogP contribution in [0.2, 0.25) is 0 Å². The fourth-order valence-electron chi connectivity index (χ4n) is 3.30. The molecule has 0 spiro atoms. The van der Waals surface area contributed by atoms with Gasteiger partial charge in [-0.15, -0.1) is 0 Å². The average molecular weight is 407 g/mol. The number of alkyl halides is 3. The van der Waals surface area contributed by atoms with Crippen LogP contribution in [-0.2, 0) is 15.9 Å². The largest absolute Gasteiger partial charge is 0.484 e. The molecule has 1 amide bonds. The van der Waals surface area contributed by atoms with Gasteiger partial charge >= 0.3 is 6.18 Å². The van der Waals surface area contributed by atoms with Crippen molar-refractivity contribution in [3.63, 3.8) is 0 Å². The molecule has 1 aliphatic rings. The summed E-state index contributed by atoms with van der Waals surface area (Å²) >= 11 is 0. The highest BCUT2D eigenvalue weighted by Gasteiger charge is 2.46. The lowest BCUT2D eigenvalue weighted by Crippen LogP contribution is -2.39. The first kappa shape index (κ1) is 21.2. The number of benzene rings is 2. The lowest BCUT2D eigenvalue weighted by Gasteiger charge is -2.26. The Morgan fingerprint density at radius 2 is 1.83 bits per heavy atom. The monoisotopic (exact) mass is 407 g/mol. The summed E-state index contributed by atoms with van der Waals surface area (Å²) in [5.41, 5.74) is 0.438. The maximum atomic E-state index is 12.6. The predicted molar refractivity (Wildman–Crippen MR) is 102 cm³/mol. The van der Waals surface area contributed by atoms with Crippen LogP contribution in [-0.4, -0.2) is 23.8 Å². The Kier molecular flexibility index (Phi) is 5.63. The third-order valence-corrected chi connectivity index (χ3v) is 5.10. The van der Waals surface area contributed by atoms with Gasteiger partial charge in [0.15, 0.2) is 6.61 Å². The van der Waals surface area contributed by atoms with Crippen molar-refractivity contribution in [1.82, 2.24) is 5.32 Å². The second kappa shape index (κ2) is 7.71. The number of nitrogens with one attached hydrogen (secondary N) is 1. The Bertz CT molecular complexity index is 872. The van der Waals surface area contributed by atoms with Crippen LogP contribution in [0.1, 0.15) is 42.9 Å². The second-order valence-corrected chi connectivity index (χ2v) is 7.88. The summed E-state index contributed by atoms with van der Waals surface area (Å²) in [7, 11) is 0. The molecule has 1 atom stereocenters. The van der Waals surface area contributed by atoms with E-state index in [4.69, 9.17) is 4.74 Å². The number of carbonyl (C=O) groups excluding carboxylic acids is 1. The molecule has 7 heteroatoms. The number of rotatable bonds is 7. The number of ether oxygens (including phenoxy) is 1. The molecule has 4 nitrogen and oxygen atoms in total. The van der Waals surface area contributed by atoms with Gasteiger partial charge in [-0.05, 0) is 49.9 Å². The quantitative estimate of drug-likeness (QED) is 0.718. The molecule has 1 fully saturated rings. The highest BCUT2D eigenvalue weighted by molar-refractivity contribution is 5.79. The van der Waals surface area contributed by atoms with Crippen molar-refractivity contribution >= 4 is 5.91 Å². The molecule has 1 unspecified atom stereocenters. The van der Waals surface area contributed by atoms with E-state index in [1.54, 1.807) is 31.2 Å². The SMILES string of the molecule is Cc1ccc(C(C)(O)CC(=O)NC2(c3cccc(OCC(F)(F)F)c3)CC2)cc1. The van der Waals surface area contributed by atoms with E-state index in [2.05, 4.69) is 5.32 Å². The summed E-state index contributed by atoms with van der Waals surface area (Å²) in [6.45, 7) is 2.16. The molecule has 2 aromatic rings. The summed E-state index contributed by atoms with van der Waals surface area (Å²) in [6.07, 6.45) is -3.19. The van der Waals surface area contributed by atoms with Crippen LogP contribution in [0.5, 0.6) is 5.75 Å². The molecule has 156 valence electrons. The molecule has 0 bridgehead atoms. The van der Waals surface area contributed by atoms with Crippen molar-refractivity contribution in [2.75, 3.05) is 6.61 Å². The van der Waals surface area contributed by atoms with E-state index in [9.17, 15) is 23.1 Å². The minimum atomic E-state index is -4.41. The molecular formula is C22H24F3NO3. The Hall–Kier alpha value is -2.54. The Morgan fingerprint density at radius 3 is 2.41 bits per heavy atom. The van der Waals surface area contributed by atoms with Crippen molar-refractivity contribution in [2.24, 2.45) is 0 Å². The highest BCUT2D eigenvalue weighted by Crippen LogP contribution is 2.46. The first-order valence-corrected chi connectivity index (χ1v) is 9.40. The molecule has 0 aromatic heterocycles. The lowest BCUT2D eigenvalue weighted by molar-refractivity contribution is -0.153. The minimum absolute atomic E-state index is 0.104. The van der Waals surface area contributed by atoms with Gasteiger partial charge in [-0.25, -0.2) is 0 Å². The summed E-state index contributed by atoms with van der Waals surface area (Å²) in [4.78, 5) is 12.6. The van der Waals surface area contributed by atoms with Gasteiger partial charge in [-0.1, -0.05) is 42.0 Å². The van der Waals surface area contributed by atoms with Gasteiger partial charge in [-0.3, -0.25) is 4.79 Å². The third-order valence-electron chi connectivity index (χ3n) is 5.10. The third kappa shape index (κ3) is 5.50. The number of carbonyl (C=O) groups is 1. The van der Waals surface area contributed by atoms with E-state index in [0.717, 1.165) is 5.56 Å². The summed E-state index contributed by atoms with van der Waals surface area (Å²) in [5, 5.41) is 13.7. The van der Waals surface area contributed by atoms with Gasteiger partial charge in [0.2, 0.25) is 5.91 Å². The molecule has 0 heterocycles. The van der Waals surface area contributed by atoms with E-state index < -0.39 is 23.9 Å². The molecule has 29 heavy (non-hydrogen) atoms. The van der Waals surface area contributed by atoms with E-state index in [1.165, 1.54) is 12.1 Å². The molecule has 0 saturated heterocycles. The predicted octanol–water partition coefficient (Wildman–Crippen LogP) is 4.34. The normalized spacial score (nSPS) is 17.3. The van der Waals surface area contributed by atoms with Crippen LogP contribution in [0.4, 0.5) is 13.2 Å². The van der Waals surface area contributed by atoms with Crippen molar-refractivity contribution in [2.45, 2.75) is 50.4 Å². The number of hydrogen-bond donors (Lipinski definition) is 2. The summed E-state index contributed by atoms with van der Waals surface area (Å²) in [6, 6.07) is 13.7. The molecular weight excluding hydrogens is 383 g/mol. The second-order valence-electron chi connectivity index (χ2n) is 7.88.